The van der Waals surface area contributed by atoms with Crippen LogP contribution in [-0.2, 0) is 11.2 Å². The average Bonchev–Trinajstić information content (AvgIpc) is 2.32. The molecule has 4 heteroatoms. The summed E-state index contributed by atoms with van der Waals surface area (Å²) in [7, 11) is 1.72. The number of halogens is 1. The lowest BCUT2D eigenvalue weighted by Gasteiger charge is -2.22. The molecule has 18 heavy (non-hydrogen) atoms. The van der Waals surface area contributed by atoms with Crippen molar-refractivity contribution in [1.82, 2.24) is 0 Å². The summed E-state index contributed by atoms with van der Waals surface area (Å²) in [4.78, 5) is 0. The van der Waals surface area contributed by atoms with Crippen molar-refractivity contribution in [2.75, 3.05) is 20.3 Å². The standard InChI is InChI=1S/C14H22BrNO2/c1-14(2,17-3)7-9-18-13-5-4-11(6-8-16)10-12(13)15/h4-5,10H,6-9,16H2,1-3H3. The van der Waals surface area contributed by atoms with Gasteiger partial charge in [0, 0.05) is 13.5 Å². The first-order valence-corrected chi connectivity index (χ1v) is 6.94. The summed E-state index contributed by atoms with van der Waals surface area (Å²) < 4.78 is 12.1. The van der Waals surface area contributed by atoms with E-state index in [1.54, 1.807) is 7.11 Å². The van der Waals surface area contributed by atoms with E-state index in [0.29, 0.717) is 13.2 Å². The summed E-state index contributed by atoms with van der Waals surface area (Å²) >= 11 is 3.52. The van der Waals surface area contributed by atoms with Crippen molar-refractivity contribution >= 4 is 15.9 Å². The maximum atomic E-state index is 5.75. The second-order valence-corrected chi connectivity index (χ2v) is 5.72. The number of ether oxygens (including phenoxy) is 2. The first-order valence-electron chi connectivity index (χ1n) is 6.15. The van der Waals surface area contributed by atoms with Gasteiger partial charge in [-0.3, -0.25) is 0 Å². The molecule has 102 valence electrons. The van der Waals surface area contributed by atoms with Crippen LogP contribution in [0.2, 0.25) is 0 Å². The van der Waals surface area contributed by atoms with Gasteiger partial charge in [-0.1, -0.05) is 6.07 Å². The second-order valence-electron chi connectivity index (χ2n) is 4.87. The van der Waals surface area contributed by atoms with Gasteiger partial charge in [-0.2, -0.15) is 0 Å². The lowest BCUT2D eigenvalue weighted by molar-refractivity contribution is 0.00539. The summed E-state index contributed by atoms with van der Waals surface area (Å²) in [5, 5.41) is 0. The van der Waals surface area contributed by atoms with Crippen LogP contribution in [0, 0.1) is 0 Å². The minimum atomic E-state index is -0.147. The number of rotatable bonds is 7. The minimum Gasteiger partial charge on any atom is -0.492 e. The predicted octanol–water partition coefficient (Wildman–Crippen LogP) is 3.14. The Labute approximate surface area is 118 Å². The first kappa shape index (κ1) is 15.5. The number of methoxy groups -OCH3 is 1. The molecule has 0 aromatic heterocycles. The third kappa shape index (κ3) is 4.96. The molecule has 0 spiro atoms. The van der Waals surface area contributed by atoms with Crippen LogP contribution >= 0.6 is 15.9 Å². The largest absolute Gasteiger partial charge is 0.492 e. The van der Waals surface area contributed by atoms with Crippen molar-refractivity contribution in [3.63, 3.8) is 0 Å². The zero-order valence-corrected chi connectivity index (χ0v) is 12.9. The fraction of sp³-hybridized carbons (Fsp3) is 0.571. The van der Waals surface area contributed by atoms with Crippen LogP contribution in [-0.4, -0.2) is 25.9 Å². The molecule has 0 aliphatic carbocycles. The average molecular weight is 316 g/mol. The third-order valence-electron chi connectivity index (χ3n) is 2.94. The van der Waals surface area contributed by atoms with Gasteiger partial charge in [-0.05, 0) is 60.4 Å². The zero-order chi connectivity index (χ0) is 13.6. The van der Waals surface area contributed by atoms with Crippen LogP contribution in [0.3, 0.4) is 0 Å². The van der Waals surface area contributed by atoms with Crippen molar-refractivity contribution in [3.8, 4) is 5.75 Å². The zero-order valence-electron chi connectivity index (χ0n) is 11.3. The van der Waals surface area contributed by atoms with Gasteiger partial charge in [0.1, 0.15) is 5.75 Å². The van der Waals surface area contributed by atoms with Crippen molar-refractivity contribution in [1.29, 1.82) is 0 Å². The van der Waals surface area contributed by atoms with E-state index in [-0.39, 0.29) is 5.60 Å². The van der Waals surface area contributed by atoms with E-state index in [4.69, 9.17) is 15.2 Å². The fourth-order valence-electron chi connectivity index (χ4n) is 1.49. The van der Waals surface area contributed by atoms with Crippen LogP contribution in [0.15, 0.2) is 22.7 Å². The van der Waals surface area contributed by atoms with Gasteiger partial charge >= 0.3 is 0 Å². The molecule has 1 aromatic carbocycles. The van der Waals surface area contributed by atoms with E-state index in [1.807, 2.05) is 6.07 Å². The molecular formula is C14H22BrNO2. The molecule has 0 amide bonds. The molecule has 0 saturated heterocycles. The Morgan fingerprint density at radius 1 is 1.33 bits per heavy atom. The van der Waals surface area contributed by atoms with E-state index in [2.05, 4.69) is 41.9 Å². The number of nitrogens with two attached hydrogens (primary N) is 1. The van der Waals surface area contributed by atoms with E-state index >= 15 is 0 Å². The van der Waals surface area contributed by atoms with Gasteiger partial charge in [0.25, 0.3) is 0 Å². The first-order chi connectivity index (χ1) is 8.48. The number of hydrogen-bond acceptors (Lipinski definition) is 3. The summed E-state index contributed by atoms with van der Waals surface area (Å²) in [6.45, 7) is 5.40. The molecule has 0 aliphatic heterocycles. The van der Waals surface area contributed by atoms with Gasteiger partial charge < -0.3 is 15.2 Å². The highest BCUT2D eigenvalue weighted by molar-refractivity contribution is 9.10. The third-order valence-corrected chi connectivity index (χ3v) is 3.56. The second kappa shape index (κ2) is 7.12. The molecule has 0 bridgehead atoms. The smallest absolute Gasteiger partial charge is 0.133 e. The van der Waals surface area contributed by atoms with Gasteiger partial charge in [0.15, 0.2) is 0 Å². The van der Waals surface area contributed by atoms with Crippen LogP contribution in [0.5, 0.6) is 5.75 Å². The van der Waals surface area contributed by atoms with Gasteiger partial charge in [0.2, 0.25) is 0 Å². The molecule has 0 aliphatic rings. The van der Waals surface area contributed by atoms with Crippen LogP contribution < -0.4 is 10.5 Å². The maximum absolute atomic E-state index is 5.75. The quantitative estimate of drug-likeness (QED) is 0.840. The highest BCUT2D eigenvalue weighted by atomic mass is 79.9. The molecule has 0 radical (unpaired) electrons. The molecule has 0 unspecified atom stereocenters. The molecular weight excluding hydrogens is 294 g/mol. The Morgan fingerprint density at radius 3 is 2.61 bits per heavy atom. The Morgan fingerprint density at radius 2 is 2.06 bits per heavy atom. The molecule has 0 saturated carbocycles. The number of benzene rings is 1. The van der Waals surface area contributed by atoms with E-state index in [0.717, 1.165) is 23.1 Å². The van der Waals surface area contributed by atoms with Crippen LogP contribution in [0.4, 0.5) is 0 Å². The molecule has 1 aromatic rings. The summed E-state index contributed by atoms with van der Waals surface area (Å²) in [5.74, 6) is 0.864. The minimum absolute atomic E-state index is 0.147. The lowest BCUT2D eigenvalue weighted by Crippen LogP contribution is -2.25. The Balaban J connectivity index is 2.53. The van der Waals surface area contributed by atoms with E-state index < -0.39 is 0 Å². The number of hydrogen-bond donors (Lipinski definition) is 1. The topological polar surface area (TPSA) is 44.5 Å². The van der Waals surface area contributed by atoms with Gasteiger partial charge in [-0.15, -0.1) is 0 Å². The fourth-order valence-corrected chi connectivity index (χ4v) is 2.03. The van der Waals surface area contributed by atoms with Crippen molar-refractivity contribution in [2.24, 2.45) is 5.73 Å². The molecule has 0 fully saturated rings. The monoisotopic (exact) mass is 315 g/mol. The van der Waals surface area contributed by atoms with E-state index in [1.165, 1.54) is 5.56 Å². The molecule has 0 heterocycles. The highest BCUT2D eigenvalue weighted by Gasteiger charge is 2.16. The Bertz CT molecular complexity index is 380. The SMILES string of the molecule is COC(C)(C)CCOc1ccc(CCN)cc1Br. The Hall–Kier alpha value is -0.580. The normalized spacial score (nSPS) is 11.6. The van der Waals surface area contributed by atoms with Crippen molar-refractivity contribution in [3.05, 3.63) is 28.2 Å². The predicted molar refractivity (Wildman–Crippen MR) is 78.1 cm³/mol. The summed E-state index contributed by atoms with van der Waals surface area (Å²) in [6.07, 6.45) is 1.73. The van der Waals surface area contributed by atoms with Crippen molar-refractivity contribution in [2.45, 2.75) is 32.3 Å². The molecule has 3 nitrogen and oxygen atoms in total. The van der Waals surface area contributed by atoms with E-state index in [9.17, 15) is 0 Å². The Kier molecular flexibility index (Phi) is 6.12. The van der Waals surface area contributed by atoms with Crippen LogP contribution in [0.1, 0.15) is 25.8 Å². The van der Waals surface area contributed by atoms with Gasteiger partial charge in [-0.25, -0.2) is 0 Å². The lowest BCUT2D eigenvalue weighted by atomic mass is 10.1. The maximum Gasteiger partial charge on any atom is 0.133 e. The van der Waals surface area contributed by atoms with Crippen molar-refractivity contribution < 1.29 is 9.47 Å². The summed E-state index contributed by atoms with van der Waals surface area (Å²) in [5.41, 5.74) is 6.60. The molecule has 0 atom stereocenters. The molecule has 1 rings (SSSR count). The van der Waals surface area contributed by atoms with Crippen LogP contribution in [0.25, 0.3) is 0 Å². The van der Waals surface area contributed by atoms with Gasteiger partial charge in [0.05, 0.1) is 16.7 Å². The molecule has 2 N–H and O–H groups in total. The highest BCUT2D eigenvalue weighted by Crippen LogP contribution is 2.27. The summed E-state index contributed by atoms with van der Waals surface area (Å²) in [6, 6.07) is 6.09.